The van der Waals surface area contributed by atoms with Crippen LogP contribution in [-0.2, 0) is 95.0 Å². The highest BCUT2D eigenvalue weighted by Crippen LogP contribution is 2.39. The van der Waals surface area contributed by atoms with Gasteiger partial charge in [-0.2, -0.15) is 0 Å². The number of nitrogens with two attached hydrogens (primary N) is 1. The molecule has 5 amide bonds. The van der Waals surface area contributed by atoms with Gasteiger partial charge in [0.05, 0.1) is 70.6 Å². The summed E-state index contributed by atoms with van der Waals surface area (Å²) in [5.74, 6) is -4.58. The molecule has 0 bridgehead atoms. The van der Waals surface area contributed by atoms with E-state index in [4.69, 9.17) is 81.5 Å². The van der Waals surface area contributed by atoms with Crippen molar-refractivity contribution in [2.24, 2.45) is 5.73 Å². The van der Waals surface area contributed by atoms with E-state index in [2.05, 4.69) is 26.6 Å². The second-order valence-corrected chi connectivity index (χ2v) is 30.1. The van der Waals surface area contributed by atoms with E-state index in [0.717, 1.165) is 27.7 Å². The summed E-state index contributed by atoms with van der Waals surface area (Å²) in [6.45, 7) is -4.35. The first kappa shape index (κ1) is 98.6. The van der Waals surface area contributed by atoms with Crippen LogP contribution in [-0.4, -0.2) is 481 Å². The molecule has 8 saturated heterocycles. The number of nitrogens with one attached hydrogen (secondary N) is 5. The summed E-state index contributed by atoms with van der Waals surface area (Å²) in [6, 6.07) is -1.73. The number of carbonyl (C=O) groups excluding carboxylic acids is 5. The van der Waals surface area contributed by atoms with Crippen LogP contribution in [0.5, 0.6) is 0 Å². The van der Waals surface area contributed by atoms with E-state index in [1.54, 1.807) is 0 Å². The molecular formula is C69H112N6O45. The van der Waals surface area contributed by atoms with E-state index in [1.807, 2.05) is 0 Å². The minimum Gasteiger partial charge on any atom is -0.394 e. The average molecular weight is 1750 g/mol. The number of aliphatic hydroxyl groups excluding tert-OH is 24. The number of carbonyl (C=O) groups is 5. The number of hydrogen-bond acceptors (Lipinski definition) is 46. The van der Waals surface area contributed by atoms with Gasteiger partial charge in [-0.15, -0.1) is 0 Å². The van der Waals surface area contributed by atoms with Crippen LogP contribution in [0.25, 0.3) is 0 Å². The number of aliphatic hydroxyl groups is 24. The molecule has 8 heterocycles. The lowest BCUT2D eigenvalue weighted by Crippen LogP contribution is -2.70. The maximum Gasteiger partial charge on any atom is 0.250 e. The molecule has 0 radical (unpaired) electrons. The van der Waals surface area contributed by atoms with Crippen LogP contribution in [0.3, 0.4) is 0 Å². The minimum atomic E-state index is -2.60. The van der Waals surface area contributed by atoms with E-state index >= 15 is 0 Å². The van der Waals surface area contributed by atoms with Gasteiger partial charge in [-0.3, -0.25) is 24.0 Å². The molecule has 0 spiro atoms. The van der Waals surface area contributed by atoms with Gasteiger partial charge in [0.25, 0.3) is 5.91 Å². The van der Waals surface area contributed by atoms with Crippen molar-refractivity contribution in [2.75, 3.05) is 64.7 Å². The number of para-hydroxylation sites is 1. The third kappa shape index (κ3) is 22.8. The van der Waals surface area contributed by atoms with E-state index < -0.39 is 359 Å². The summed E-state index contributed by atoms with van der Waals surface area (Å²) in [7, 11) is 0. The van der Waals surface area contributed by atoms with Gasteiger partial charge >= 0.3 is 0 Å². The van der Waals surface area contributed by atoms with Crippen LogP contribution >= 0.6 is 0 Å². The Bertz CT molecular complexity index is 3420. The first-order chi connectivity index (χ1) is 56.7. The predicted molar refractivity (Wildman–Crippen MR) is 381 cm³/mol. The first-order valence-corrected chi connectivity index (χ1v) is 38.3. The van der Waals surface area contributed by atoms with Crippen LogP contribution in [0.15, 0.2) is 24.3 Å². The lowest BCUT2D eigenvalue weighted by molar-refractivity contribution is -0.396. The molecule has 51 nitrogen and oxygen atoms in total. The van der Waals surface area contributed by atoms with Gasteiger partial charge in [0.2, 0.25) is 23.6 Å². The molecule has 688 valence electrons. The first-order valence-electron chi connectivity index (χ1n) is 38.3. The zero-order chi connectivity index (χ0) is 88.5. The van der Waals surface area contributed by atoms with Gasteiger partial charge in [-0.1, -0.05) is 12.1 Å². The van der Waals surface area contributed by atoms with Crippen LogP contribution in [0, 0.1) is 0 Å². The monoisotopic (exact) mass is 1740 g/mol. The molecule has 9 rings (SSSR count). The SMILES string of the molecule is CC(=O)NC(CNc1ccccc1C(N)=O)C(O)C(OC1OC(CO)C(OC2OC(COC3OC(CO)C(O)C(O)C3OC3OC(CO)C(OC4OC(CO)C(O)C(O)C4O)C(O)C3NC(C)=O)C(O)C(OC3OC(CO)C(O)C(O)C3OC3OC(CO)C(O)C(O)C3NC(C)=O)C2O)C(O)C1NC(C)=O)C(O)COC1OC(C)C(O)C(O)C1O. The Morgan fingerprint density at radius 1 is 0.392 bits per heavy atom. The van der Waals surface area contributed by atoms with E-state index in [1.165, 1.54) is 31.2 Å². The molecular weight excluding hydrogens is 1630 g/mol. The maximum atomic E-state index is 13.4. The van der Waals surface area contributed by atoms with E-state index in [-0.39, 0.29) is 11.3 Å². The smallest absolute Gasteiger partial charge is 0.250 e. The van der Waals surface area contributed by atoms with Crippen molar-refractivity contribution in [3.05, 3.63) is 29.8 Å². The normalized spacial score (nSPS) is 43.6. The van der Waals surface area contributed by atoms with Crippen molar-refractivity contribution in [1.82, 2.24) is 21.3 Å². The minimum absolute atomic E-state index is 0.0632. The molecule has 8 aliphatic rings. The zero-order valence-electron chi connectivity index (χ0n) is 65.0. The lowest BCUT2D eigenvalue weighted by atomic mass is 9.94. The van der Waals surface area contributed by atoms with Crippen LogP contribution in [0.2, 0.25) is 0 Å². The second-order valence-electron chi connectivity index (χ2n) is 30.1. The van der Waals surface area contributed by atoms with Gasteiger partial charge in [-0.05, 0) is 19.1 Å². The molecule has 0 aromatic heterocycles. The molecule has 1 aromatic rings. The second kappa shape index (κ2) is 43.8. The van der Waals surface area contributed by atoms with Gasteiger partial charge in [0, 0.05) is 39.9 Å². The molecule has 44 unspecified atom stereocenters. The fraction of sp³-hybridized carbons (Fsp3) is 0.841. The molecule has 31 N–H and O–H groups in total. The van der Waals surface area contributed by atoms with Crippen molar-refractivity contribution in [1.29, 1.82) is 0 Å². The zero-order valence-corrected chi connectivity index (χ0v) is 65.0. The number of ether oxygens (including phenoxy) is 16. The standard InChI is InChI=1S/C69H112N6O45/c1-19-38(87)48(97)52(101)65(107-19)105-17-27(86)55(39(88)26(72-20(2)82)10-71-25-9-7-6-8-24(25)61(70)104)115-63-36(74-22(4)84)46(95)57(33(16-81)112-63)117-67-54(103)58(118-69-60(51(100)43(92)31(14-79)111-69)120-62-35(73-21(3)83)45(94)40(89)28(11-76)108-62)44(93)34(114-67)18-106-68-59(50(99)42(91)30(13-78)110-68)119-64-37(75-23(5)85)47(96)56(32(15-80)113-64)116-66-53(102)49(98)41(90)29(12-77)109-66/h6-9,19,26-60,62-69,71,76-81,86-103H,10-18H2,1-5H3,(H2,70,104)(H,72,82)(H,73,83)(H,74,84)(H,75,85). The van der Waals surface area contributed by atoms with Crippen LogP contribution < -0.4 is 32.3 Å². The maximum absolute atomic E-state index is 13.4. The van der Waals surface area contributed by atoms with Gasteiger partial charge in [-0.25, -0.2) is 0 Å². The summed E-state index contributed by atoms with van der Waals surface area (Å²) in [5.41, 5.74) is 5.60. The van der Waals surface area contributed by atoms with Crippen molar-refractivity contribution in [2.45, 2.75) is 304 Å². The van der Waals surface area contributed by atoms with Crippen molar-refractivity contribution < 1.29 is 222 Å². The van der Waals surface area contributed by atoms with E-state index in [0.29, 0.717) is 0 Å². The molecule has 120 heavy (non-hydrogen) atoms. The summed E-state index contributed by atoms with van der Waals surface area (Å²) in [5, 5.41) is 282. The van der Waals surface area contributed by atoms with Crippen LogP contribution in [0.4, 0.5) is 5.69 Å². The summed E-state index contributed by atoms with van der Waals surface area (Å²) in [4.78, 5) is 64.3. The summed E-state index contributed by atoms with van der Waals surface area (Å²) >= 11 is 0. The number of anilines is 1. The van der Waals surface area contributed by atoms with Crippen LogP contribution in [0.1, 0.15) is 45.0 Å². The van der Waals surface area contributed by atoms with E-state index in [9.17, 15) is 147 Å². The van der Waals surface area contributed by atoms with Crippen molar-refractivity contribution >= 4 is 35.2 Å². The quantitative estimate of drug-likeness (QED) is 0.0300. The molecule has 8 aliphatic heterocycles. The fourth-order valence-electron chi connectivity index (χ4n) is 15.0. The Morgan fingerprint density at radius 2 is 0.792 bits per heavy atom. The Labute approximate surface area is 681 Å². The Kier molecular flexibility index (Phi) is 36.0. The highest BCUT2D eigenvalue weighted by Gasteiger charge is 2.60. The van der Waals surface area contributed by atoms with Crippen molar-refractivity contribution in [3.63, 3.8) is 0 Å². The predicted octanol–water partition coefficient (Wildman–Crippen LogP) is -18.2. The molecule has 8 fully saturated rings. The highest BCUT2D eigenvalue weighted by molar-refractivity contribution is 5.98. The number of primary amides is 1. The number of hydrogen-bond donors (Lipinski definition) is 30. The summed E-state index contributed by atoms with van der Waals surface area (Å²) in [6.07, 6.45) is -83.5. The Morgan fingerprint density at radius 3 is 1.30 bits per heavy atom. The molecule has 0 saturated carbocycles. The topological polar surface area (TPSA) is 805 Å². The Balaban J connectivity index is 1.07. The lowest BCUT2D eigenvalue weighted by Gasteiger charge is -2.50. The molecule has 1 aromatic carbocycles. The third-order valence-corrected chi connectivity index (χ3v) is 21.5. The van der Waals surface area contributed by atoms with Gasteiger partial charge < -0.3 is 231 Å². The molecule has 44 atom stereocenters. The van der Waals surface area contributed by atoms with Gasteiger partial charge in [0.1, 0.15) is 207 Å². The molecule has 51 heteroatoms. The fourth-order valence-corrected chi connectivity index (χ4v) is 15.0. The number of rotatable bonds is 35. The Hall–Kier alpha value is -5.23. The number of amides is 5. The van der Waals surface area contributed by atoms with Crippen molar-refractivity contribution in [3.8, 4) is 0 Å². The van der Waals surface area contributed by atoms with Gasteiger partial charge in [0.15, 0.2) is 50.3 Å². The highest BCUT2D eigenvalue weighted by atomic mass is 16.8. The number of benzene rings is 1. The summed E-state index contributed by atoms with van der Waals surface area (Å²) < 4.78 is 95.4. The largest absolute Gasteiger partial charge is 0.394 e. The average Bonchev–Trinajstić information content (AvgIpc) is 0.777. The third-order valence-electron chi connectivity index (χ3n) is 21.5. The molecule has 0 aliphatic carbocycles.